The number of nitrogens with zero attached hydrogens (tertiary/aromatic N) is 1. The molecule has 2 heterocycles. The molecule has 0 radical (unpaired) electrons. The van der Waals surface area contributed by atoms with Crippen LogP contribution in [0.2, 0.25) is 5.02 Å². The lowest BCUT2D eigenvalue weighted by Gasteiger charge is -2.14. The third-order valence-electron chi connectivity index (χ3n) is 5.24. The maximum Gasteiger partial charge on any atom is 0.340 e. The van der Waals surface area contributed by atoms with Gasteiger partial charge in [0.15, 0.2) is 0 Å². The molecule has 0 bridgehead atoms. The minimum atomic E-state index is -3.83. The first-order chi connectivity index (χ1) is 15.7. The molecule has 0 atom stereocenters. The van der Waals surface area contributed by atoms with Gasteiger partial charge in [0.25, 0.3) is 0 Å². The predicted molar refractivity (Wildman–Crippen MR) is 132 cm³/mol. The summed E-state index contributed by atoms with van der Waals surface area (Å²) < 4.78 is 30.8. The number of benzene rings is 2. The van der Waals surface area contributed by atoms with Gasteiger partial charge in [-0.1, -0.05) is 23.7 Å². The quantitative estimate of drug-likeness (QED) is 0.346. The van der Waals surface area contributed by atoms with Crippen LogP contribution < -0.4 is 5.14 Å². The summed E-state index contributed by atoms with van der Waals surface area (Å²) in [6.45, 7) is 3.85. The second-order valence-corrected chi connectivity index (χ2v) is 10.1. The second kappa shape index (κ2) is 9.15. The van der Waals surface area contributed by atoms with Crippen LogP contribution in [-0.4, -0.2) is 25.6 Å². The number of rotatable bonds is 6. The summed E-state index contributed by atoms with van der Waals surface area (Å²) in [5.41, 5.74) is 5.04. The highest BCUT2D eigenvalue weighted by atomic mass is 35.5. The molecule has 4 aromatic rings. The van der Waals surface area contributed by atoms with Crippen LogP contribution in [0.3, 0.4) is 0 Å². The maximum absolute atomic E-state index is 13.1. The van der Waals surface area contributed by atoms with Gasteiger partial charge in [-0.15, -0.1) is 0 Å². The number of carbonyl (C=O) groups excluding carboxylic acids is 1. The van der Waals surface area contributed by atoms with Crippen molar-refractivity contribution in [2.75, 3.05) is 6.61 Å². The van der Waals surface area contributed by atoms with Gasteiger partial charge in [-0.3, -0.25) is 0 Å². The first-order valence-corrected chi connectivity index (χ1v) is 12.9. The summed E-state index contributed by atoms with van der Waals surface area (Å²) in [6, 6.07) is 15.5. The van der Waals surface area contributed by atoms with E-state index in [0.29, 0.717) is 22.0 Å². The molecule has 0 aliphatic rings. The van der Waals surface area contributed by atoms with Crippen molar-refractivity contribution in [1.82, 2.24) is 4.57 Å². The molecule has 0 fully saturated rings. The number of aromatic nitrogens is 1. The van der Waals surface area contributed by atoms with E-state index in [1.165, 1.54) is 23.5 Å². The van der Waals surface area contributed by atoms with E-state index in [0.717, 1.165) is 22.4 Å². The van der Waals surface area contributed by atoms with Gasteiger partial charge in [-0.05, 0) is 78.2 Å². The Morgan fingerprint density at radius 1 is 1.06 bits per heavy atom. The summed E-state index contributed by atoms with van der Waals surface area (Å²) in [4.78, 5) is 13.1. The van der Waals surface area contributed by atoms with Crippen molar-refractivity contribution in [3.63, 3.8) is 0 Å². The van der Waals surface area contributed by atoms with Gasteiger partial charge < -0.3 is 9.30 Å². The zero-order chi connectivity index (χ0) is 23.8. The predicted octanol–water partition coefficient (Wildman–Crippen LogP) is 5.66. The minimum Gasteiger partial charge on any atom is -0.462 e. The van der Waals surface area contributed by atoms with E-state index in [2.05, 4.69) is 0 Å². The number of halogens is 1. The lowest BCUT2D eigenvalue weighted by atomic mass is 9.99. The molecule has 2 aromatic heterocycles. The number of thiophene rings is 1. The van der Waals surface area contributed by atoms with E-state index in [1.807, 2.05) is 40.5 Å². The SMILES string of the molecule is CCOC(=O)c1c(-c2ccsc2)c(-c2ccc(Cl)cc2)n(-c2ccc(S(N)(=O)=O)cc2)c1C. The normalized spacial score (nSPS) is 11.5. The van der Waals surface area contributed by atoms with Crippen LogP contribution in [0.15, 0.2) is 70.3 Å². The van der Waals surface area contributed by atoms with Crippen molar-refractivity contribution in [3.8, 4) is 28.1 Å². The van der Waals surface area contributed by atoms with Crippen LogP contribution in [0.5, 0.6) is 0 Å². The Kier molecular flexibility index (Phi) is 6.45. The van der Waals surface area contributed by atoms with Crippen LogP contribution in [-0.2, 0) is 14.8 Å². The van der Waals surface area contributed by atoms with Crippen molar-refractivity contribution in [2.45, 2.75) is 18.7 Å². The van der Waals surface area contributed by atoms with Gasteiger partial charge in [-0.25, -0.2) is 18.4 Å². The van der Waals surface area contributed by atoms with Crippen LogP contribution in [0.25, 0.3) is 28.1 Å². The van der Waals surface area contributed by atoms with Crippen molar-refractivity contribution in [1.29, 1.82) is 0 Å². The number of ether oxygens (including phenoxy) is 1. The van der Waals surface area contributed by atoms with Gasteiger partial charge in [-0.2, -0.15) is 11.3 Å². The van der Waals surface area contributed by atoms with Crippen LogP contribution in [0, 0.1) is 6.92 Å². The number of nitrogens with two attached hydrogens (primary N) is 1. The number of carbonyl (C=O) groups is 1. The number of esters is 1. The second-order valence-electron chi connectivity index (χ2n) is 7.30. The third kappa shape index (κ3) is 4.47. The Morgan fingerprint density at radius 2 is 1.73 bits per heavy atom. The molecule has 4 rings (SSSR count). The fourth-order valence-electron chi connectivity index (χ4n) is 3.82. The molecule has 2 N–H and O–H groups in total. The van der Waals surface area contributed by atoms with E-state index in [-0.39, 0.29) is 11.5 Å². The van der Waals surface area contributed by atoms with Gasteiger partial charge in [0.05, 0.1) is 22.8 Å². The molecule has 2 aromatic carbocycles. The molecule has 9 heteroatoms. The highest BCUT2D eigenvalue weighted by molar-refractivity contribution is 7.89. The Bertz CT molecular complexity index is 1410. The fraction of sp³-hybridized carbons (Fsp3) is 0.125. The summed E-state index contributed by atoms with van der Waals surface area (Å²) in [5.74, 6) is -0.425. The van der Waals surface area contributed by atoms with Crippen molar-refractivity contribution < 1.29 is 17.9 Å². The molecule has 0 aliphatic carbocycles. The zero-order valence-electron chi connectivity index (χ0n) is 17.9. The topological polar surface area (TPSA) is 91.4 Å². The molecule has 170 valence electrons. The van der Waals surface area contributed by atoms with Gasteiger partial charge in [0.1, 0.15) is 0 Å². The average Bonchev–Trinajstić information content (AvgIpc) is 3.40. The van der Waals surface area contributed by atoms with Crippen molar-refractivity contribution in [3.05, 3.63) is 81.6 Å². The molecular formula is C24H21ClN2O4S2. The largest absolute Gasteiger partial charge is 0.462 e. The van der Waals surface area contributed by atoms with Gasteiger partial charge in [0, 0.05) is 22.0 Å². The van der Waals surface area contributed by atoms with Crippen molar-refractivity contribution in [2.24, 2.45) is 5.14 Å². The molecule has 0 aliphatic heterocycles. The molecule has 0 unspecified atom stereocenters. The van der Waals surface area contributed by atoms with Crippen molar-refractivity contribution >= 4 is 38.9 Å². The zero-order valence-corrected chi connectivity index (χ0v) is 20.3. The summed E-state index contributed by atoms with van der Waals surface area (Å²) in [7, 11) is -3.83. The fourth-order valence-corrected chi connectivity index (χ4v) is 5.11. The highest BCUT2D eigenvalue weighted by Crippen LogP contribution is 2.42. The number of hydrogen-bond donors (Lipinski definition) is 1. The average molecular weight is 501 g/mol. The lowest BCUT2D eigenvalue weighted by molar-refractivity contribution is 0.0526. The molecule has 33 heavy (non-hydrogen) atoms. The third-order valence-corrected chi connectivity index (χ3v) is 7.10. The standard InChI is InChI=1S/C24H21ClN2O4S2/c1-3-31-24(28)21-15(2)27(19-8-10-20(11-9-19)33(26,29)30)23(16-4-6-18(25)7-5-16)22(21)17-12-13-32-14-17/h4-14H,3H2,1-2H3,(H2,26,29,30). The molecule has 0 amide bonds. The summed E-state index contributed by atoms with van der Waals surface area (Å²) in [6.07, 6.45) is 0. The highest BCUT2D eigenvalue weighted by Gasteiger charge is 2.29. The van der Waals surface area contributed by atoms with E-state index in [4.69, 9.17) is 21.5 Å². The Morgan fingerprint density at radius 3 is 2.27 bits per heavy atom. The Balaban J connectivity index is 2.08. The molecule has 6 nitrogen and oxygen atoms in total. The monoisotopic (exact) mass is 500 g/mol. The van der Waals surface area contributed by atoms with Crippen LogP contribution >= 0.6 is 22.9 Å². The van der Waals surface area contributed by atoms with Crippen LogP contribution in [0.1, 0.15) is 23.0 Å². The molecule has 0 spiro atoms. The van der Waals surface area contributed by atoms with E-state index in [1.54, 1.807) is 31.2 Å². The Labute approximate surface area is 201 Å². The number of sulfonamides is 1. The Hall–Kier alpha value is -2.91. The molecule has 0 saturated heterocycles. The number of hydrogen-bond acceptors (Lipinski definition) is 5. The van der Waals surface area contributed by atoms with Crippen LogP contribution in [0.4, 0.5) is 0 Å². The molecule has 0 saturated carbocycles. The van der Waals surface area contributed by atoms with Gasteiger partial charge >= 0.3 is 5.97 Å². The minimum absolute atomic E-state index is 0.00720. The first-order valence-electron chi connectivity index (χ1n) is 10.1. The smallest absolute Gasteiger partial charge is 0.340 e. The number of primary sulfonamides is 1. The maximum atomic E-state index is 13.1. The lowest BCUT2D eigenvalue weighted by Crippen LogP contribution is -2.12. The summed E-state index contributed by atoms with van der Waals surface area (Å²) >= 11 is 7.66. The molecular weight excluding hydrogens is 480 g/mol. The summed E-state index contributed by atoms with van der Waals surface area (Å²) in [5, 5.41) is 9.79. The van der Waals surface area contributed by atoms with E-state index < -0.39 is 16.0 Å². The van der Waals surface area contributed by atoms with Gasteiger partial charge in [0.2, 0.25) is 10.0 Å². The first kappa shape index (κ1) is 23.3. The van der Waals surface area contributed by atoms with E-state index >= 15 is 0 Å². The van der Waals surface area contributed by atoms with E-state index in [9.17, 15) is 13.2 Å².